The van der Waals surface area contributed by atoms with Crippen molar-refractivity contribution in [2.75, 3.05) is 12.0 Å². The van der Waals surface area contributed by atoms with E-state index in [-0.39, 0.29) is 18.0 Å². The molecule has 0 fully saturated rings. The first-order chi connectivity index (χ1) is 14.1. The van der Waals surface area contributed by atoms with Crippen molar-refractivity contribution in [3.63, 3.8) is 0 Å². The van der Waals surface area contributed by atoms with E-state index in [1.54, 1.807) is 12.0 Å². The number of amides is 1. The minimum Gasteiger partial charge on any atom is -0.497 e. The number of halogens is 1. The normalized spacial score (nSPS) is 18.4. The van der Waals surface area contributed by atoms with Gasteiger partial charge in [0.05, 0.1) is 19.2 Å². The Balaban J connectivity index is 1.83. The van der Waals surface area contributed by atoms with Crippen LogP contribution >= 0.6 is 11.6 Å². The number of methoxy groups -OCH3 is 1. The van der Waals surface area contributed by atoms with Gasteiger partial charge in [-0.1, -0.05) is 48.9 Å². The number of anilines is 1. The van der Waals surface area contributed by atoms with Crippen LogP contribution in [0.5, 0.6) is 5.75 Å². The second-order valence-electron chi connectivity index (χ2n) is 7.08. The molecule has 7 heteroatoms. The van der Waals surface area contributed by atoms with Gasteiger partial charge in [0, 0.05) is 11.4 Å². The molecule has 3 aromatic rings. The zero-order valence-electron chi connectivity index (χ0n) is 16.5. The van der Waals surface area contributed by atoms with Crippen LogP contribution in [0, 0.1) is 0 Å². The second kappa shape index (κ2) is 8.25. The minimum absolute atomic E-state index is 0.0418. The van der Waals surface area contributed by atoms with E-state index in [0.717, 1.165) is 23.3 Å². The molecular formula is C22H23ClN4O2. The van der Waals surface area contributed by atoms with Crippen molar-refractivity contribution in [3.05, 3.63) is 71.0 Å². The number of fused-ring (bicyclic) bond motifs is 1. The van der Waals surface area contributed by atoms with Gasteiger partial charge in [0.1, 0.15) is 12.1 Å². The number of rotatable bonds is 5. The summed E-state index contributed by atoms with van der Waals surface area (Å²) in [4.78, 5) is 19.3. The van der Waals surface area contributed by atoms with Gasteiger partial charge in [-0.3, -0.25) is 9.69 Å². The summed E-state index contributed by atoms with van der Waals surface area (Å²) in [5.41, 5.74) is 2.00. The first kappa shape index (κ1) is 19.5. The van der Waals surface area contributed by atoms with Gasteiger partial charge in [0.25, 0.3) is 0 Å². The maximum atomic E-state index is 13.1. The smallest absolute Gasteiger partial charge is 0.231 e. The summed E-state index contributed by atoms with van der Waals surface area (Å²) >= 11 is 6.51. The molecule has 0 bridgehead atoms. The van der Waals surface area contributed by atoms with Crippen LogP contribution in [-0.2, 0) is 4.79 Å². The molecule has 2 aromatic carbocycles. The van der Waals surface area contributed by atoms with Gasteiger partial charge in [0.2, 0.25) is 11.9 Å². The van der Waals surface area contributed by atoms with E-state index < -0.39 is 0 Å². The average Bonchev–Trinajstić information content (AvgIpc) is 3.23. The number of ether oxygens (including phenoxy) is 1. The van der Waals surface area contributed by atoms with Gasteiger partial charge in [-0.05, 0) is 42.2 Å². The number of benzene rings is 2. The van der Waals surface area contributed by atoms with Gasteiger partial charge in [-0.25, -0.2) is 4.68 Å². The molecule has 0 saturated heterocycles. The lowest BCUT2D eigenvalue weighted by Crippen LogP contribution is -2.42. The SMILES string of the molecule is CCCC(=O)N1c2ncnn2C(c2ccccc2Cl)CC1c1ccc(OC)cc1. The molecule has 0 radical (unpaired) electrons. The Morgan fingerprint density at radius 3 is 2.62 bits per heavy atom. The number of hydrogen-bond donors (Lipinski definition) is 0. The molecule has 1 aromatic heterocycles. The van der Waals surface area contributed by atoms with Gasteiger partial charge in [-0.15, -0.1) is 0 Å². The Hall–Kier alpha value is -2.86. The number of aromatic nitrogens is 3. The number of carbonyl (C=O) groups is 1. The van der Waals surface area contributed by atoms with Crippen LogP contribution in [0.3, 0.4) is 0 Å². The lowest BCUT2D eigenvalue weighted by molar-refractivity contribution is -0.119. The monoisotopic (exact) mass is 410 g/mol. The van der Waals surface area contributed by atoms with Crippen molar-refractivity contribution in [3.8, 4) is 5.75 Å². The predicted octanol–water partition coefficient (Wildman–Crippen LogP) is 4.81. The summed E-state index contributed by atoms with van der Waals surface area (Å²) in [5.74, 6) is 1.38. The van der Waals surface area contributed by atoms with E-state index in [1.807, 2.05) is 60.1 Å². The van der Waals surface area contributed by atoms with Crippen LogP contribution in [0.1, 0.15) is 49.4 Å². The number of nitrogens with zero attached hydrogens (tertiary/aromatic N) is 4. The fourth-order valence-electron chi connectivity index (χ4n) is 3.93. The molecule has 2 atom stereocenters. The Morgan fingerprint density at radius 2 is 1.93 bits per heavy atom. The van der Waals surface area contributed by atoms with Gasteiger partial charge in [-0.2, -0.15) is 10.1 Å². The van der Waals surface area contributed by atoms with Crippen molar-refractivity contribution in [2.24, 2.45) is 0 Å². The Morgan fingerprint density at radius 1 is 1.17 bits per heavy atom. The molecule has 0 saturated carbocycles. The van der Waals surface area contributed by atoms with E-state index in [4.69, 9.17) is 16.3 Å². The average molecular weight is 411 g/mol. The summed E-state index contributed by atoms with van der Waals surface area (Å²) in [7, 11) is 1.64. The maximum absolute atomic E-state index is 13.1. The highest BCUT2D eigenvalue weighted by atomic mass is 35.5. The van der Waals surface area contributed by atoms with E-state index in [2.05, 4.69) is 10.1 Å². The molecule has 4 rings (SSSR count). The quantitative estimate of drug-likeness (QED) is 0.605. The number of hydrogen-bond acceptors (Lipinski definition) is 4. The molecule has 0 spiro atoms. The van der Waals surface area contributed by atoms with Crippen LogP contribution in [-0.4, -0.2) is 27.8 Å². The fraction of sp³-hybridized carbons (Fsp3) is 0.318. The van der Waals surface area contributed by atoms with E-state index in [1.165, 1.54) is 6.33 Å². The molecule has 2 heterocycles. The topological polar surface area (TPSA) is 60.2 Å². The van der Waals surface area contributed by atoms with Crippen LogP contribution in [0.2, 0.25) is 5.02 Å². The predicted molar refractivity (Wildman–Crippen MR) is 112 cm³/mol. The highest BCUT2D eigenvalue weighted by Crippen LogP contribution is 2.43. The van der Waals surface area contributed by atoms with Gasteiger partial charge < -0.3 is 4.74 Å². The highest BCUT2D eigenvalue weighted by molar-refractivity contribution is 6.31. The third kappa shape index (κ3) is 3.60. The van der Waals surface area contributed by atoms with Crippen LogP contribution in [0.15, 0.2) is 54.9 Å². The zero-order chi connectivity index (χ0) is 20.4. The molecular weight excluding hydrogens is 388 g/mol. The third-order valence-electron chi connectivity index (χ3n) is 5.32. The van der Waals surface area contributed by atoms with Gasteiger partial charge in [0.15, 0.2) is 0 Å². The number of carbonyl (C=O) groups excluding carboxylic acids is 1. The van der Waals surface area contributed by atoms with Crippen molar-refractivity contribution < 1.29 is 9.53 Å². The molecule has 150 valence electrons. The Kier molecular flexibility index (Phi) is 5.53. The van der Waals surface area contributed by atoms with E-state index in [9.17, 15) is 4.79 Å². The molecule has 0 aliphatic carbocycles. The molecule has 1 amide bonds. The van der Waals surface area contributed by atoms with Crippen LogP contribution in [0.4, 0.5) is 5.95 Å². The van der Waals surface area contributed by atoms with Gasteiger partial charge >= 0.3 is 0 Å². The van der Waals surface area contributed by atoms with E-state index in [0.29, 0.717) is 23.8 Å². The van der Waals surface area contributed by atoms with Crippen molar-refractivity contribution in [1.82, 2.24) is 14.8 Å². The standard InChI is InChI=1S/C22H23ClN4O2/c1-3-6-21(28)26-19(15-9-11-16(29-2)12-10-15)13-20(27-22(26)24-14-25-27)17-7-4-5-8-18(17)23/h4-5,7-12,14,19-20H,3,6,13H2,1-2H3. The summed E-state index contributed by atoms with van der Waals surface area (Å²) < 4.78 is 7.11. The van der Waals surface area contributed by atoms with Crippen LogP contribution in [0.25, 0.3) is 0 Å². The Bertz CT molecular complexity index is 1000. The summed E-state index contributed by atoms with van der Waals surface area (Å²) in [6.45, 7) is 2.00. The molecule has 1 aliphatic rings. The zero-order valence-corrected chi connectivity index (χ0v) is 17.2. The summed E-state index contributed by atoms with van der Waals surface area (Å²) in [6, 6.07) is 15.3. The fourth-order valence-corrected chi connectivity index (χ4v) is 4.19. The first-order valence-electron chi connectivity index (χ1n) is 9.74. The largest absolute Gasteiger partial charge is 0.497 e. The lowest BCUT2D eigenvalue weighted by atomic mass is 9.91. The lowest BCUT2D eigenvalue weighted by Gasteiger charge is -2.39. The van der Waals surface area contributed by atoms with Crippen LogP contribution < -0.4 is 9.64 Å². The third-order valence-corrected chi connectivity index (χ3v) is 5.66. The van der Waals surface area contributed by atoms with Crippen molar-refractivity contribution in [1.29, 1.82) is 0 Å². The molecule has 29 heavy (non-hydrogen) atoms. The molecule has 2 unspecified atom stereocenters. The minimum atomic E-state index is -0.169. The summed E-state index contributed by atoms with van der Waals surface area (Å²) in [5, 5.41) is 5.12. The Labute approximate surface area is 175 Å². The second-order valence-corrected chi connectivity index (χ2v) is 7.49. The van der Waals surface area contributed by atoms with Crippen molar-refractivity contribution in [2.45, 2.75) is 38.3 Å². The first-order valence-corrected chi connectivity index (χ1v) is 10.1. The summed E-state index contributed by atoms with van der Waals surface area (Å²) in [6.07, 6.45) is 3.38. The van der Waals surface area contributed by atoms with E-state index >= 15 is 0 Å². The maximum Gasteiger partial charge on any atom is 0.231 e. The molecule has 0 N–H and O–H groups in total. The molecule has 1 aliphatic heterocycles. The molecule has 6 nitrogen and oxygen atoms in total. The highest BCUT2D eigenvalue weighted by Gasteiger charge is 2.39. The van der Waals surface area contributed by atoms with Crippen molar-refractivity contribution >= 4 is 23.5 Å².